The highest BCUT2D eigenvalue weighted by atomic mass is 15.2. The number of aromatic amines is 2. The van der Waals surface area contributed by atoms with E-state index in [1.54, 1.807) is 0 Å². The molecule has 0 saturated carbocycles. The zero-order valence-electron chi connectivity index (χ0n) is 37.7. The van der Waals surface area contributed by atoms with Crippen LogP contribution in [0.2, 0.25) is 0 Å². The number of aromatic nitrogens is 9. The summed E-state index contributed by atoms with van der Waals surface area (Å²) in [6.45, 7) is 12.1. The van der Waals surface area contributed by atoms with Crippen molar-refractivity contribution in [3.05, 3.63) is 163 Å². The van der Waals surface area contributed by atoms with Gasteiger partial charge in [-0.05, 0) is 86.5 Å². The molecule has 0 atom stereocenters. The highest BCUT2D eigenvalue weighted by molar-refractivity contribution is 6.04. The number of amidine groups is 2. The van der Waals surface area contributed by atoms with Crippen molar-refractivity contribution in [1.82, 2.24) is 45.3 Å². The first-order valence-corrected chi connectivity index (χ1v) is 22.1. The van der Waals surface area contributed by atoms with Crippen LogP contribution in [0, 0.1) is 11.3 Å². The number of benzene rings is 4. The molecule has 0 aliphatic carbocycles. The number of nitrogens with zero attached hydrogens (tertiary/aromatic N) is 8. The molecule has 9 rings (SSSR count). The van der Waals surface area contributed by atoms with Gasteiger partial charge in [0.15, 0.2) is 29.1 Å². The number of nitrogens with one attached hydrogen (secondary N) is 3. The SMILES string of the molecule is CC(C)C(=N)/N=C(\N)c1ccc(-c2ccccc2-c2cc(-c3ccccc3-c3ccc(-c4nc(C(C)C)n[nH]4)nc3)cc(-c3ccccc3-c3ccc(-c4nc(C(C)C)n[nH]4)nc3)c2)cn1. The van der Waals surface area contributed by atoms with Gasteiger partial charge in [-0.3, -0.25) is 30.6 Å². The van der Waals surface area contributed by atoms with Gasteiger partial charge in [0.2, 0.25) is 0 Å². The minimum Gasteiger partial charge on any atom is -0.382 e. The largest absolute Gasteiger partial charge is 0.382 e. The van der Waals surface area contributed by atoms with Crippen LogP contribution in [0.15, 0.2) is 151 Å². The molecular formula is C54H50N12. The van der Waals surface area contributed by atoms with E-state index >= 15 is 0 Å². The Balaban J connectivity index is 1.16. The van der Waals surface area contributed by atoms with E-state index in [0.29, 0.717) is 17.3 Å². The smallest absolute Gasteiger partial charge is 0.174 e. The number of nitrogens with two attached hydrogens (primary N) is 1. The van der Waals surface area contributed by atoms with Gasteiger partial charge in [-0.15, -0.1) is 0 Å². The Labute approximate surface area is 384 Å². The van der Waals surface area contributed by atoms with Crippen molar-refractivity contribution in [1.29, 1.82) is 5.41 Å². The standard InChI is InChI=1S/C54H50N12/c1-31(2)49(55)60-50(56)46-22-19-34(28-57-46)40-13-7-10-16-43(40)37-25-38(44-17-11-8-14-41(44)35-20-23-47(58-29-35)53-61-51(32(3)4)63-65-53)27-39(26-37)45-18-12-9-15-42(45)36-21-24-48(59-30-36)54-62-52(33(5)6)64-66-54/h7-33H,1-6H3,(H3,55,56,60)(H,61,63,65)(H,62,64,66). The van der Waals surface area contributed by atoms with E-state index in [4.69, 9.17) is 26.1 Å². The fourth-order valence-corrected chi connectivity index (χ4v) is 7.76. The quantitative estimate of drug-likeness (QED) is 0.0690. The Morgan fingerprint density at radius 1 is 0.485 bits per heavy atom. The van der Waals surface area contributed by atoms with Crippen LogP contribution < -0.4 is 5.73 Å². The Morgan fingerprint density at radius 3 is 1.15 bits per heavy atom. The third kappa shape index (κ3) is 8.94. The second-order valence-electron chi connectivity index (χ2n) is 17.2. The van der Waals surface area contributed by atoms with Crippen LogP contribution in [0.25, 0.3) is 89.8 Å². The molecule has 0 aliphatic heterocycles. The van der Waals surface area contributed by atoms with Gasteiger partial charge in [-0.25, -0.2) is 15.0 Å². The molecule has 0 fully saturated rings. The summed E-state index contributed by atoms with van der Waals surface area (Å²) in [5, 5.41) is 23.1. The molecule has 5 N–H and O–H groups in total. The molecule has 12 heteroatoms. The summed E-state index contributed by atoms with van der Waals surface area (Å²) in [6, 6.07) is 44.1. The van der Waals surface area contributed by atoms with E-state index in [0.717, 1.165) is 89.8 Å². The molecule has 66 heavy (non-hydrogen) atoms. The fourth-order valence-electron chi connectivity index (χ4n) is 7.76. The van der Waals surface area contributed by atoms with Crippen molar-refractivity contribution in [3.8, 4) is 89.8 Å². The number of hydrogen-bond acceptors (Lipinski definition) is 8. The molecule has 5 aromatic heterocycles. The normalized spacial score (nSPS) is 11.8. The molecule has 12 nitrogen and oxygen atoms in total. The zero-order chi connectivity index (χ0) is 45.9. The summed E-state index contributed by atoms with van der Waals surface area (Å²) >= 11 is 0. The lowest BCUT2D eigenvalue weighted by molar-refractivity contribution is 0.781. The third-order valence-corrected chi connectivity index (χ3v) is 11.4. The van der Waals surface area contributed by atoms with Gasteiger partial charge < -0.3 is 5.73 Å². The van der Waals surface area contributed by atoms with Crippen LogP contribution in [-0.4, -0.2) is 57.0 Å². The third-order valence-electron chi connectivity index (χ3n) is 11.4. The summed E-state index contributed by atoms with van der Waals surface area (Å²) in [4.78, 5) is 28.0. The van der Waals surface area contributed by atoms with E-state index in [2.05, 4.69) is 160 Å². The molecule has 0 bridgehead atoms. The van der Waals surface area contributed by atoms with Gasteiger partial charge in [0, 0.05) is 53.0 Å². The van der Waals surface area contributed by atoms with Crippen LogP contribution in [0.4, 0.5) is 0 Å². The van der Waals surface area contributed by atoms with Gasteiger partial charge in [0.05, 0.1) is 0 Å². The Morgan fingerprint density at radius 2 is 0.848 bits per heavy atom. The van der Waals surface area contributed by atoms with E-state index in [1.807, 2.05) is 62.8 Å². The van der Waals surface area contributed by atoms with Crippen LogP contribution in [0.3, 0.4) is 0 Å². The van der Waals surface area contributed by atoms with Crippen molar-refractivity contribution < 1.29 is 0 Å². The van der Waals surface area contributed by atoms with E-state index in [9.17, 15) is 0 Å². The number of rotatable bonds is 12. The molecule has 5 heterocycles. The first-order valence-electron chi connectivity index (χ1n) is 22.1. The zero-order valence-corrected chi connectivity index (χ0v) is 37.7. The lowest BCUT2D eigenvalue weighted by Gasteiger charge is -2.18. The van der Waals surface area contributed by atoms with Crippen molar-refractivity contribution in [2.75, 3.05) is 0 Å². The van der Waals surface area contributed by atoms with Gasteiger partial charge in [0.1, 0.15) is 22.9 Å². The molecule has 0 unspecified atom stereocenters. The lowest BCUT2D eigenvalue weighted by Crippen LogP contribution is -2.18. The highest BCUT2D eigenvalue weighted by Gasteiger charge is 2.18. The summed E-state index contributed by atoms with van der Waals surface area (Å²) in [7, 11) is 0. The summed E-state index contributed by atoms with van der Waals surface area (Å²) in [6.07, 6.45) is 5.63. The molecule has 9 aromatic rings. The monoisotopic (exact) mass is 866 g/mol. The van der Waals surface area contributed by atoms with Gasteiger partial charge in [-0.1, -0.05) is 133 Å². The summed E-state index contributed by atoms with van der Waals surface area (Å²) in [5.41, 5.74) is 20.5. The maximum absolute atomic E-state index is 8.20. The first kappa shape index (κ1) is 43.0. The summed E-state index contributed by atoms with van der Waals surface area (Å²) < 4.78 is 0. The fraction of sp³-hybridized carbons (Fsp3) is 0.167. The van der Waals surface area contributed by atoms with Crippen molar-refractivity contribution in [2.24, 2.45) is 16.6 Å². The van der Waals surface area contributed by atoms with Crippen molar-refractivity contribution in [3.63, 3.8) is 0 Å². The van der Waals surface area contributed by atoms with E-state index in [1.165, 1.54) is 0 Å². The molecule has 326 valence electrons. The average Bonchev–Trinajstić information content (AvgIpc) is 4.07. The topological polar surface area (TPSA) is 184 Å². The minimum absolute atomic E-state index is 0.0459. The minimum atomic E-state index is -0.0459. The average molecular weight is 867 g/mol. The van der Waals surface area contributed by atoms with Crippen molar-refractivity contribution >= 4 is 11.7 Å². The Hall–Kier alpha value is -8.25. The maximum atomic E-state index is 8.20. The van der Waals surface area contributed by atoms with Crippen LogP contribution >= 0.6 is 0 Å². The predicted molar refractivity (Wildman–Crippen MR) is 265 cm³/mol. The van der Waals surface area contributed by atoms with E-state index in [-0.39, 0.29) is 29.4 Å². The maximum Gasteiger partial charge on any atom is 0.174 e. The predicted octanol–water partition coefficient (Wildman–Crippen LogP) is 12.0. The lowest BCUT2D eigenvalue weighted by atomic mass is 9.86. The van der Waals surface area contributed by atoms with Crippen molar-refractivity contribution in [2.45, 2.75) is 53.4 Å². The molecule has 0 spiro atoms. The number of aliphatic imine (C=N–C) groups is 1. The van der Waals surface area contributed by atoms with Gasteiger partial charge >= 0.3 is 0 Å². The molecule has 0 amide bonds. The number of hydrogen-bond donors (Lipinski definition) is 4. The van der Waals surface area contributed by atoms with E-state index < -0.39 is 0 Å². The number of pyridine rings is 3. The second kappa shape index (κ2) is 18.5. The van der Waals surface area contributed by atoms with Crippen LogP contribution in [0.1, 0.15) is 70.7 Å². The molecular weight excluding hydrogens is 817 g/mol. The Bertz CT molecular complexity index is 3040. The van der Waals surface area contributed by atoms with Gasteiger partial charge in [0.25, 0.3) is 0 Å². The Kier molecular flexibility index (Phi) is 12.0. The second-order valence-corrected chi connectivity index (χ2v) is 17.2. The number of H-pyrrole nitrogens is 2. The molecule has 0 radical (unpaired) electrons. The molecule has 4 aromatic carbocycles. The summed E-state index contributed by atoms with van der Waals surface area (Å²) in [5.74, 6) is 3.59. The van der Waals surface area contributed by atoms with Crippen LogP contribution in [-0.2, 0) is 0 Å². The van der Waals surface area contributed by atoms with Crippen LogP contribution in [0.5, 0.6) is 0 Å². The molecule has 0 aliphatic rings. The molecule has 0 saturated heterocycles. The first-order chi connectivity index (χ1) is 32.0. The van der Waals surface area contributed by atoms with Gasteiger partial charge in [-0.2, -0.15) is 10.2 Å². The highest BCUT2D eigenvalue weighted by Crippen LogP contribution is 2.42.